The molecule has 0 nitrogen and oxygen atoms in total. The van der Waals surface area contributed by atoms with E-state index in [1.54, 1.807) is 0 Å². The zero-order valence-electron chi connectivity index (χ0n) is 8.84. The number of fused-ring (bicyclic) bond motifs is 1. The summed E-state index contributed by atoms with van der Waals surface area (Å²) in [6, 6.07) is 12.6. The predicted molar refractivity (Wildman–Crippen MR) is 67.7 cm³/mol. The molecule has 2 aromatic rings. The normalized spacial score (nSPS) is 9.43. The van der Waals surface area contributed by atoms with Gasteiger partial charge in [-0.3, -0.25) is 0 Å². The van der Waals surface area contributed by atoms with Crippen molar-refractivity contribution < 1.29 is 0 Å². The molecule has 2 rings (SSSR count). The monoisotopic (exact) mass is 250 g/mol. The number of hydrogen-bond donors (Lipinski definition) is 0. The highest BCUT2D eigenvalue weighted by atomic mass is 79.9. The summed E-state index contributed by atoms with van der Waals surface area (Å²) in [6.07, 6.45) is 0. The smallest absolute Gasteiger partial charge is 0.0253 e. The molecule has 74 valence electrons. The van der Waals surface area contributed by atoms with Crippen LogP contribution in [0.4, 0.5) is 0 Å². The van der Waals surface area contributed by atoms with Crippen LogP contribution in [0.15, 0.2) is 40.9 Å². The van der Waals surface area contributed by atoms with E-state index < -0.39 is 0 Å². The molecule has 0 aromatic heterocycles. The maximum atomic E-state index is 3.53. The average molecular weight is 251 g/mol. The molecule has 14 heavy (non-hydrogen) atoms. The fourth-order valence-electron chi connectivity index (χ4n) is 1.43. The van der Waals surface area contributed by atoms with E-state index in [9.17, 15) is 0 Å². The molecule has 0 atom stereocenters. The summed E-state index contributed by atoms with van der Waals surface area (Å²) in [7, 11) is 0. The molecule has 0 saturated heterocycles. The minimum absolute atomic E-state index is 1.17. The van der Waals surface area contributed by atoms with Gasteiger partial charge in [-0.15, -0.1) is 0 Å². The van der Waals surface area contributed by atoms with Crippen molar-refractivity contribution in [1.29, 1.82) is 0 Å². The molecule has 0 saturated carbocycles. The Hall–Kier alpha value is -0.820. The lowest BCUT2D eigenvalue weighted by molar-refractivity contribution is 1.50. The maximum Gasteiger partial charge on any atom is 0.0253 e. The Morgan fingerprint density at radius 3 is 2.07 bits per heavy atom. The Bertz CT molecular complexity index is 377. The third-order valence-electron chi connectivity index (χ3n) is 2.09. The van der Waals surface area contributed by atoms with Crippen molar-refractivity contribution in [3.63, 3.8) is 0 Å². The summed E-state index contributed by atoms with van der Waals surface area (Å²) in [5.74, 6) is 0. The standard InChI is InChI=1S/C11H9Br.C2H6/c1-8-4-2-6-10-9(8)5-3-7-11(10)12;1-2/h2-7H,1H3;1-2H3. The summed E-state index contributed by atoms with van der Waals surface area (Å²) < 4.78 is 1.17. The van der Waals surface area contributed by atoms with Gasteiger partial charge >= 0.3 is 0 Å². The van der Waals surface area contributed by atoms with Gasteiger partial charge in [-0.25, -0.2) is 0 Å². The van der Waals surface area contributed by atoms with E-state index in [4.69, 9.17) is 0 Å². The Balaban J connectivity index is 0.000000461. The van der Waals surface area contributed by atoms with Crippen molar-refractivity contribution in [3.05, 3.63) is 46.4 Å². The van der Waals surface area contributed by atoms with E-state index in [0.717, 1.165) is 0 Å². The van der Waals surface area contributed by atoms with Crippen LogP contribution in [0, 0.1) is 6.92 Å². The lowest BCUT2D eigenvalue weighted by atomic mass is 10.1. The first-order valence-electron chi connectivity index (χ1n) is 4.93. The second kappa shape index (κ2) is 5.16. The van der Waals surface area contributed by atoms with Gasteiger partial charge in [0.25, 0.3) is 0 Å². The van der Waals surface area contributed by atoms with Crippen LogP contribution in [0.5, 0.6) is 0 Å². The van der Waals surface area contributed by atoms with Crippen molar-refractivity contribution in [1.82, 2.24) is 0 Å². The zero-order valence-corrected chi connectivity index (χ0v) is 10.4. The summed E-state index contributed by atoms with van der Waals surface area (Å²) in [5, 5.41) is 2.62. The second-order valence-corrected chi connectivity index (χ2v) is 3.76. The van der Waals surface area contributed by atoms with Crippen molar-refractivity contribution in [3.8, 4) is 0 Å². The lowest BCUT2D eigenvalue weighted by Crippen LogP contribution is -1.77. The molecule has 0 spiro atoms. The number of rotatable bonds is 0. The van der Waals surface area contributed by atoms with Crippen LogP contribution in [0.2, 0.25) is 0 Å². The molecule has 0 amide bonds. The van der Waals surface area contributed by atoms with Gasteiger partial charge in [0.05, 0.1) is 0 Å². The zero-order chi connectivity index (χ0) is 10.6. The molecular formula is C13H15Br. The van der Waals surface area contributed by atoms with Crippen LogP contribution >= 0.6 is 15.9 Å². The van der Waals surface area contributed by atoms with Crippen molar-refractivity contribution in [2.24, 2.45) is 0 Å². The number of aryl methyl sites for hydroxylation is 1. The van der Waals surface area contributed by atoms with Gasteiger partial charge in [0.1, 0.15) is 0 Å². The molecule has 0 aliphatic rings. The second-order valence-electron chi connectivity index (χ2n) is 2.91. The number of hydrogen-bond acceptors (Lipinski definition) is 0. The van der Waals surface area contributed by atoms with Crippen LogP contribution in [0.3, 0.4) is 0 Å². The van der Waals surface area contributed by atoms with Crippen LogP contribution in [0.25, 0.3) is 10.8 Å². The first-order valence-corrected chi connectivity index (χ1v) is 5.72. The molecular weight excluding hydrogens is 236 g/mol. The Labute approximate surface area is 94.1 Å². The molecule has 0 aliphatic carbocycles. The first-order chi connectivity index (χ1) is 6.79. The molecule has 0 heterocycles. The van der Waals surface area contributed by atoms with Gasteiger partial charge < -0.3 is 0 Å². The summed E-state index contributed by atoms with van der Waals surface area (Å²) >= 11 is 3.53. The largest absolute Gasteiger partial charge is 0.0683 e. The van der Waals surface area contributed by atoms with E-state index in [0.29, 0.717) is 0 Å². The van der Waals surface area contributed by atoms with E-state index in [-0.39, 0.29) is 0 Å². The van der Waals surface area contributed by atoms with Gasteiger partial charge in [-0.05, 0) is 29.3 Å². The van der Waals surface area contributed by atoms with E-state index >= 15 is 0 Å². The fourth-order valence-corrected chi connectivity index (χ4v) is 1.93. The molecule has 0 fully saturated rings. The summed E-state index contributed by atoms with van der Waals surface area (Å²) in [4.78, 5) is 0. The Morgan fingerprint density at radius 1 is 0.857 bits per heavy atom. The van der Waals surface area contributed by atoms with E-state index in [1.165, 1.54) is 20.8 Å². The molecule has 0 aliphatic heterocycles. The maximum absolute atomic E-state index is 3.53. The third kappa shape index (κ3) is 2.16. The first kappa shape index (κ1) is 11.3. The number of halogens is 1. The SMILES string of the molecule is CC.Cc1cccc2c(Br)cccc12. The van der Waals surface area contributed by atoms with Crippen molar-refractivity contribution in [2.45, 2.75) is 20.8 Å². The van der Waals surface area contributed by atoms with Gasteiger partial charge in [0.15, 0.2) is 0 Å². The highest BCUT2D eigenvalue weighted by Gasteiger charge is 1.98. The minimum atomic E-state index is 1.17. The van der Waals surface area contributed by atoms with Crippen LogP contribution in [0.1, 0.15) is 19.4 Å². The molecule has 0 bridgehead atoms. The van der Waals surface area contributed by atoms with Crippen molar-refractivity contribution in [2.75, 3.05) is 0 Å². The van der Waals surface area contributed by atoms with E-state index in [2.05, 4.69) is 59.3 Å². The molecule has 0 N–H and O–H groups in total. The van der Waals surface area contributed by atoms with Crippen LogP contribution in [-0.4, -0.2) is 0 Å². The predicted octanol–water partition coefficient (Wildman–Crippen LogP) is 4.94. The van der Waals surface area contributed by atoms with Gasteiger partial charge in [-0.1, -0.05) is 60.1 Å². The highest BCUT2D eigenvalue weighted by molar-refractivity contribution is 9.10. The molecule has 1 heteroatoms. The quantitative estimate of drug-likeness (QED) is 0.622. The molecule has 0 unspecified atom stereocenters. The van der Waals surface area contributed by atoms with Gasteiger partial charge in [0, 0.05) is 4.47 Å². The van der Waals surface area contributed by atoms with Gasteiger partial charge in [0.2, 0.25) is 0 Å². The summed E-state index contributed by atoms with van der Waals surface area (Å²) in [5.41, 5.74) is 1.33. The third-order valence-corrected chi connectivity index (χ3v) is 2.78. The summed E-state index contributed by atoms with van der Waals surface area (Å²) in [6.45, 7) is 6.13. The minimum Gasteiger partial charge on any atom is -0.0683 e. The fraction of sp³-hybridized carbons (Fsp3) is 0.231. The van der Waals surface area contributed by atoms with Crippen LogP contribution in [-0.2, 0) is 0 Å². The lowest BCUT2D eigenvalue weighted by Gasteiger charge is -2.02. The highest BCUT2D eigenvalue weighted by Crippen LogP contribution is 2.25. The Kier molecular flexibility index (Phi) is 4.15. The average Bonchev–Trinajstić information content (AvgIpc) is 2.23. The molecule has 0 radical (unpaired) electrons. The number of benzene rings is 2. The topological polar surface area (TPSA) is 0 Å². The Morgan fingerprint density at radius 2 is 1.43 bits per heavy atom. The van der Waals surface area contributed by atoms with Crippen LogP contribution < -0.4 is 0 Å². The van der Waals surface area contributed by atoms with E-state index in [1.807, 2.05) is 13.8 Å². The van der Waals surface area contributed by atoms with Gasteiger partial charge in [-0.2, -0.15) is 0 Å². The molecule has 2 aromatic carbocycles. The van der Waals surface area contributed by atoms with Crippen molar-refractivity contribution >= 4 is 26.7 Å².